The Bertz CT molecular complexity index is 566. The van der Waals surface area contributed by atoms with Crippen molar-refractivity contribution in [1.82, 2.24) is 10.0 Å². The van der Waals surface area contributed by atoms with Gasteiger partial charge in [0.2, 0.25) is 15.9 Å². The van der Waals surface area contributed by atoms with E-state index in [9.17, 15) is 13.2 Å². The van der Waals surface area contributed by atoms with Gasteiger partial charge in [-0.2, -0.15) is 0 Å². The number of hydrogen-bond donors (Lipinski definition) is 3. The molecule has 6 nitrogen and oxygen atoms in total. The first kappa shape index (κ1) is 17.6. The van der Waals surface area contributed by atoms with E-state index in [1.807, 2.05) is 13.8 Å². The van der Waals surface area contributed by atoms with Crippen molar-refractivity contribution in [2.45, 2.75) is 38.3 Å². The van der Waals surface area contributed by atoms with Crippen LogP contribution in [0, 0.1) is 5.92 Å². The van der Waals surface area contributed by atoms with Crippen molar-refractivity contribution in [2.24, 2.45) is 11.7 Å². The quantitative estimate of drug-likeness (QED) is 0.685. The Kier molecular flexibility index (Phi) is 6.32. The Balaban J connectivity index is 2.67. The van der Waals surface area contributed by atoms with Crippen molar-refractivity contribution in [1.29, 1.82) is 0 Å². The van der Waals surface area contributed by atoms with Gasteiger partial charge in [-0.15, -0.1) is 0 Å². The van der Waals surface area contributed by atoms with Crippen molar-refractivity contribution in [3.8, 4) is 0 Å². The molecule has 0 bridgehead atoms. The molecule has 4 N–H and O–H groups in total. The van der Waals surface area contributed by atoms with E-state index in [0.29, 0.717) is 13.1 Å². The van der Waals surface area contributed by atoms with Crippen LogP contribution in [0.25, 0.3) is 0 Å². The van der Waals surface area contributed by atoms with Gasteiger partial charge in [-0.05, 0) is 30.5 Å². The van der Waals surface area contributed by atoms with E-state index in [1.54, 1.807) is 19.1 Å². The topological polar surface area (TPSA) is 101 Å². The molecular weight excluding hydrogens is 290 g/mol. The van der Waals surface area contributed by atoms with E-state index < -0.39 is 16.1 Å². The zero-order chi connectivity index (χ0) is 16.0. The highest BCUT2D eigenvalue weighted by molar-refractivity contribution is 7.89. The van der Waals surface area contributed by atoms with Gasteiger partial charge in [0.25, 0.3) is 0 Å². The molecule has 21 heavy (non-hydrogen) atoms. The summed E-state index contributed by atoms with van der Waals surface area (Å²) in [5, 5.41) is 2.67. The van der Waals surface area contributed by atoms with Crippen molar-refractivity contribution < 1.29 is 13.2 Å². The van der Waals surface area contributed by atoms with E-state index in [0.717, 1.165) is 5.56 Å². The van der Waals surface area contributed by atoms with Gasteiger partial charge >= 0.3 is 0 Å². The second kappa shape index (κ2) is 7.53. The molecule has 1 rings (SSSR count). The maximum absolute atomic E-state index is 12.0. The lowest BCUT2D eigenvalue weighted by Crippen LogP contribution is -2.37. The zero-order valence-corrected chi connectivity index (χ0v) is 13.4. The molecule has 0 saturated heterocycles. The van der Waals surface area contributed by atoms with Gasteiger partial charge in [0.15, 0.2) is 0 Å². The van der Waals surface area contributed by atoms with Crippen LogP contribution in [0.3, 0.4) is 0 Å². The predicted molar refractivity (Wildman–Crippen MR) is 82.0 cm³/mol. The molecule has 0 radical (unpaired) electrons. The molecule has 0 aromatic heterocycles. The van der Waals surface area contributed by atoms with Crippen LogP contribution < -0.4 is 15.8 Å². The lowest BCUT2D eigenvalue weighted by atomic mass is 10.2. The van der Waals surface area contributed by atoms with Gasteiger partial charge in [0.1, 0.15) is 0 Å². The fourth-order valence-electron chi connectivity index (χ4n) is 1.50. The Labute approximate surface area is 126 Å². The molecular formula is C14H23N3O3S. The van der Waals surface area contributed by atoms with E-state index in [4.69, 9.17) is 5.73 Å². The van der Waals surface area contributed by atoms with Crippen LogP contribution in [0.15, 0.2) is 29.2 Å². The van der Waals surface area contributed by atoms with Crippen molar-refractivity contribution in [2.75, 3.05) is 6.54 Å². The van der Waals surface area contributed by atoms with Crippen LogP contribution in [-0.2, 0) is 21.4 Å². The first-order chi connectivity index (χ1) is 9.72. The lowest BCUT2D eigenvalue weighted by Gasteiger charge is -2.10. The number of sulfonamides is 1. The minimum Gasteiger partial charge on any atom is -0.351 e. The molecule has 0 fully saturated rings. The standard InChI is InChI=1S/C14H23N3O3S/c1-10(2)8-17-21(19,20)13-6-4-12(5-7-13)9-16-14(18)11(3)15/h4-7,10-11,17H,8-9,15H2,1-3H3,(H,16,18). The number of carbonyl (C=O) groups is 1. The van der Waals surface area contributed by atoms with Gasteiger partial charge < -0.3 is 11.1 Å². The number of nitrogens with one attached hydrogen (secondary N) is 2. The molecule has 0 aliphatic rings. The first-order valence-electron chi connectivity index (χ1n) is 6.84. The van der Waals surface area contributed by atoms with Crippen LogP contribution in [0.5, 0.6) is 0 Å². The summed E-state index contributed by atoms with van der Waals surface area (Å²) in [5.74, 6) is -0.00203. The van der Waals surface area contributed by atoms with Gasteiger partial charge in [-0.1, -0.05) is 26.0 Å². The van der Waals surface area contributed by atoms with E-state index >= 15 is 0 Å². The fraction of sp³-hybridized carbons (Fsp3) is 0.500. The van der Waals surface area contributed by atoms with Gasteiger partial charge in [-0.25, -0.2) is 13.1 Å². The summed E-state index contributed by atoms with van der Waals surface area (Å²) in [6, 6.07) is 5.83. The minimum absolute atomic E-state index is 0.213. The molecule has 1 aromatic rings. The number of hydrogen-bond acceptors (Lipinski definition) is 4. The average Bonchev–Trinajstić information content (AvgIpc) is 2.43. The smallest absolute Gasteiger partial charge is 0.240 e. The van der Waals surface area contributed by atoms with Crippen LogP contribution in [0.2, 0.25) is 0 Å². The third-order valence-electron chi connectivity index (χ3n) is 2.80. The third-order valence-corrected chi connectivity index (χ3v) is 4.24. The Morgan fingerprint density at radius 2 is 1.76 bits per heavy atom. The summed E-state index contributed by atoms with van der Waals surface area (Å²) in [6.45, 7) is 6.19. The highest BCUT2D eigenvalue weighted by atomic mass is 32.2. The summed E-state index contributed by atoms with van der Waals surface area (Å²) in [4.78, 5) is 11.6. The highest BCUT2D eigenvalue weighted by Crippen LogP contribution is 2.11. The van der Waals surface area contributed by atoms with Crippen molar-refractivity contribution in [3.63, 3.8) is 0 Å². The summed E-state index contributed by atoms with van der Waals surface area (Å²) in [7, 11) is -3.47. The van der Waals surface area contributed by atoms with Crippen molar-refractivity contribution in [3.05, 3.63) is 29.8 Å². The SMILES string of the molecule is CC(C)CNS(=O)(=O)c1ccc(CNC(=O)C(C)N)cc1. The van der Waals surface area contributed by atoms with Crippen LogP contribution in [0.4, 0.5) is 0 Å². The molecule has 1 atom stereocenters. The molecule has 0 aliphatic carbocycles. The second-order valence-corrected chi connectivity index (χ2v) is 7.16. The first-order valence-corrected chi connectivity index (χ1v) is 8.32. The van der Waals surface area contributed by atoms with E-state index in [-0.39, 0.29) is 16.7 Å². The van der Waals surface area contributed by atoms with Crippen LogP contribution in [0.1, 0.15) is 26.3 Å². The summed E-state index contributed by atoms with van der Waals surface area (Å²) < 4.78 is 26.6. The Morgan fingerprint density at radius 1 is 1.19 bits per heavy atom. The number of rotatable bonds is 7. The zero-order valence-electron chi connectivity index (χ0n) is 12.6. The molecule has 118 valence electrons. The third kappa shape index (κ3) is 5.82. The molecule has 1 unspecified atom stereocenters. The van der Waals surface area contributed by atoms with E-state index in [2.05, 4.69) is 10.0 Å². The summed E-state index contributed by atoms with van der Waals surface area (Å²) >= 11 is 0. The number of amides is 1. The molecule has 0 saturated carbocycles. The summed E-state index contributed by atoms with van der Waals surface area (Å²) in [5.41, 5.74) is 6.25. The second-order valence-electron chi connectivity index (χ2n) is 5.40. The highest BCUT2D eigenvalue weighted by Gasteiger charge is 2.14. The maximum Gasteiger partial charge on any atom is 0.240 e. The molecule has 0 heterocycles. The van der Waals surface area contributed by atoms with Crippen LogP contribution >= 0.6 is 0 Å². The normalized spacial score (nSPS) is 13.2. The van der Waals surface area contributed by atoms with Gasteiger partial charge in [0, 0.05) is 13.1 Å². The molecule has 7 heteroatoms. The minimum atomic E-state index is -3.47. The summed E-state index contributed by atoms with van der Waals surface area (Å²) in [6.07, 6.45) is 0. The van der Waals surface area contributed by atoms with Crippen LogP contribution in [-0.4, -0.2) is 26.9 Å². The average molecular weight is 313 g/mol. The number of carbonyl (C=O) groups excluding carboxylic acids is 1. The van der Waals surface area contributed by atoms with Gasteiger partial charge in [-0.3, -0.25) is 4.79 Å². The molecule has 0 aliphatic heterocycles. The largest absolute Gasteiger partial charge is 0.351 e. The Morgan fingerprint density at radius 3 is 2.24 bits per heavy atom. The predicted octanol–water partition coefficient (Wildman–Crippen LogP) is 0.584. The van der Waals surface area contributed by atoms with Crippen molar-refractivity contribution >= 4 is 15.9 Å². The fourth-order valence-corrected chi connectivity index (χ4v) is 2.71. The van der Waals surface area contributed by atoms with E-state index in [1.165, 1.54) is 12.1 Å². The van der Waals surface area contributed by atoms with Gasteiger partial charge in [0.05, 0.1) is 10.9 Å². The lowest BCUT2D eigenvalue weighted by molar-refractivity contribution is -0.122. The maximum atomic E-state index is 12.0. The molecule has 1 aromatic carbocycles. The number of nitrogens with two attached hydrogens (primary N) is 1. The monoisotopic (exact) mass is 313 g/mol. The number of benzene rings is 1. The molecule has 0 spiro atoms. The Hall–Kier alpha value is -1.44. The molecule has 1 amide bonds.